The van der Waals surface area contributed by atoms with Crippen LogP contribution in [0.15, 0.2) is 60.7 Å². The Kier molecular flexibility index (Phi) is 5.98. The minimum Gasteiger partial charge on any atom is -0.492 e. The molecule has 0 spiro atoms. The molecule has 1 aliphatic rings. The van der Waals surface area contributed by atoms with E-state index in [0.717, 1.165) is 41.0 Å². The van der Waals surface area contributed by atoms with Crippen molar-refractivity contribution in [1.82, 2.24) is 4.90 Å². The molecule has 0 aliphatic carbocycles. The van der Waals surface area contributed by atoms with Gasteiger partial charge in [-0.15, -0.1) is 0 Å². The van der Waals surface area contributed by atoms with Crippen molar-refractivity contribution in [3.63, 3.8) is 0 Å². The van der Waals surface area contributed by atoms with Gasteiger partial charge in [0.1, 0.15) is 24.7 Å². The minimum absolute atomic E-state index is 0.483. The molecule has 2 N–H and O–H groups in total. The maximum absolute atomic E-state index is 6.27. The number of nitrogen functional groups attached to an aromatic ring is 1. The molecule has 1 aliphatic heterocycles. The fraction of sp³-hybridized carbons (Fsp3) is 0.333. The van der Waals surface area contributed by atoms with Crippen molar-refractivity contribution in [3.05, 3.63) is 66.2 Å². The van der Waals surface area contributed by atoms with Gasteiger partial charge in [0.25, 0.3) is 0 Å². The van der Waals surface area contributed by atoms with Gasteiger partial charge in [-0.1, -0.05) is 48.9 Å². The first kappa shape index (κ1) is 18.6. The molecular weight excluding hydrogens is 348 g/mol. The van der Waals surface area contributed by atoms with Gasteiger partial charge in [-0.25, -0.2) is 0 Å². The van der Waals surface area contributed by atoms with Gasteiger partial charge in [0.05, 0.1) is 5.69 Å². The van der Waals surface area contributed by atoms with Crippen LogP contribution in [0, 0.1) is 0 Å². The zero-order chi connectivity index (χ0) is 19.2. The van der Waals surface area contributed by atoms with Crippen LogP contribution in [0.5, 0.6) is 11.5 Å². The molecule has 146 valence electrons. The lowest BCUT2D eigenvalue weighted by molar-refractivity contribution is 0.183. The highest BCUT2D eigenvalue weighted by atomic mass is 16.5. The van der Waals surface area contributed by atoms with E-state index < -0.39 is 0 Å². The normalized spacial score (nSPS) is 14.9. The fourth-order valence-electron chi connectivity index (χ4n) is 3.72. The van der Waals surface area contributed by atoms with Crippen molar-refractivity contribution in [2.75, 3.05) is 32.0 Å². The van der Waals surface area contributed by atoms with Gasteiger partial charge in [-0.3, -0.25) is 4.90 Å². The van der Waals surface area contributed by atoms with E-state index >= 15 is 0 Å². The lowest BCUT2D eigenvalue weighted by atomic mass is 10.1. The average molecular weight is 376 g/mol. The van der Waals surface area contributed by atoms with Crippen molar-refractivity contribution >= 4 is 16.5 Å². The molecule has 1 heterocycles. The van der Waals surface area contributed by atoms with E-state index in [0.29, 0.717) is 12.3 Å². The minimum atomic E-state index is 0.483. The molecular formula is C24H28N2O2. The molecule has 0 unspecified atom stereocenters. The Morgan fingerprint density at radius 3 is 2.43 bits per heavy atom. The average Bonchev–Trinajstić information content (AvgIpc) is 2.75. The second-order valence-electron chi connectivity index (χ2n) is 7.38. The van der Waals surface area contributed by atoms with E-state index in [2.05, 4.69) is 11.0 Å². The van der Waals surface area contributed by atoms with Crippen LogP contribution >= 0.6 is 0 Å². The smallest absolute Gasteiger partial charge is 0.143 e. The van der Waals surface area contributed by atoms with E-state index in [4.69, 9.17) is 15.2 Å². The van der Waals surface area contributed by atoms with E-state index in [1.165, 1.54) is 32.4 Å². The topological polar surface area (TPSA) is 47.7 Å². The third kappa shape index (κ3) is 4.57. The largest absolute Gasteiger partial charge is 0.492 e. The Labute approximate surface area is 166 Å². The Morgan fingerprint density at radius 2 is 1.61 bits per heavy atom. The van der Waals surface area contributed by atoms with E-state index in [9.17, 15) is 0 Å². The second-order valence-corrected chi connectivity index (χ2v) is 7.38. The van der Waals surface area contributed by atoms with Gasteiger partial charge in [-0.2, -0.15) is 0 Å². The van der Waals surface area contributed by atoms with Crippen LogP contribution in [-0.4, -0.2) is 31.1 Å². The van der Waals surface area contributed by atoms with Crippen LogP contribution in [0.3, 0.4) is 0 Å². The van der Waals surface area contributed by atoms with Crippen molar-refractivity contribution in [3.8, 4) is 11.5 Å². The van der Waals surface area contributed by atoms with Crippen molar-refractivity contribution < 1.29 is 9.47 Å². The summed E-state index contributed by atoms with van der Waals surface area (Å²) in [4.78, 5) is 2.49. The van der Waals surface area contributed by atoms with Crippen molar-refractivity contribution in [1.29, 1.82) is 0 Å². The van der Waals surface area contributed by atoms with Crippen LogP contribution in [0.4, 0.5) is 5.69 Å². The lowest BCUT2D eigenvalue weighted by Gasteiger charge is -2.26. The van der Waals surface area contributed by atoms with Crippen LogP contribution in [-0.2, 0) is 6.61 Å². The van der Waals surface area contributed by atoms with E-state index in [-0.39, 0.29) is 0 Å². The Morgan fingerprint density at radius 1 is 0.821 bits per heavy atom. The van der Waals surface area contributed by atoms with Gasteiger partial charge in [0.15, 0.2) is 0 Å². The number of hydrogen-bond acceptors (Lipinski definition) is 4. The third-order valence-corrected chi connectivity index (χ3v) is 5.37. The number of piperidine rings is 1. The first-order chi connectivity index (χ1) is 13.8. The first-order valence-electron chi connectivity index (χ1n) is 10.1. The van der Waals surface area contributed by atoms with Crippen molar-refractivity contribution in [2.45, 2.75) is 25.9 Å². The molecule has 3 aromatic carbocycles. The molecule has 0 aromatic heterocycles. The summed E-state index contributed by atoms with van der Waals surface area (Å²) in [5, 5.41) is 2.15. The number of ether oxygens (including phenoxy) is 2. The third-order valence-electron chi connectivity index (χ3n) is 5.37. The summed E-state index contributed by atoms with van der Waals surface area (Å²) >= 11 is 0. The van der Waals surface area contributed by atoms with E-state index in [1.807, 2.05) is 54.6 Å². The number of hydrogen-bond donors (Lipinski definition) is 1. The number of fused-ring (bicyclic) bond motifs is 1. The summed E-state index contributed by atoms with van der Waals surface area (Å²) in [6.07, 6.45) is 4.00. The van der Waals surface area contributed by atoms with Gasteiger partial charge in [-0.05, 0) is 55.1 Å². The molecule has 4 nitrogen and oxygen atoms in total. The molecule has 0 radical (unpaired) electrons. The molecule has 3 aromatic rings. The number of nitrogens with two attached hydrogens (primary N) is 1. The summed E-state index contributed by atoms with van der Waals surface area (Å²) < 4.78 is 11.9. The summed E-state index contributed by atoms with van der Waals surface area (Å²) in [5.74, 6) is 1.63. The highest BCUT2D eigenvalue weighted by molar-refractivity contribution is 5.95. The van der Waals surface area contributed by atoms with Crippen LogP contribution in [0.1, 0.15) is 24.8 Å². The number of anilines is 1. The Hall–Kier alpha value is -2.72. The molecule has 0 saturated carbocycles. The van der Waals surface area contributed by atoms with Gasteiger partial charge >= 0.3 is 0 Å². The number of benzene rings is 3. The molecule has 0 atom stereocenters. The second kappa shape index (κ2) is 8.98. The van der Waals surface area contributed by atoms with Gasteiger partial charge in [0.2, 0.25) is 0 Å². The van der Waals surface area contributed by atoms with E-state index in [1.54, 1.807) is 0 Å². The molecule has 1 fully saturated rings. The van der Waals surface area contributed by atoms with Gasteiger partial charge < -0.3 is 15.2 Å². The van der Waals surface area contributed by atoms with Gasteiger partial charge in [0, 0.05) is 11.9 Å². The molecule has 28 heavy (non-hydrogen) atoms. The highest BCUT2D eigenvalue weighted by Gasteiger charge is 2.09. The molecule has 1 saturated heterocycles. The van der Waals surface area contributed by atoms with Crippen LogP contribution in [0.25, 0.3) is 10.8 Å². The SMILES string of the molecule is Nc1c(OCc2ccc(OCCN3CCCCC3)cc2)ccc2ccccc12. The lowest BCUT2D eigenvalue weighted by Crippen LogP contribution is -2.33. The highest BCUT2D eigenvalue weighted by Crippen LogP contribution is 2.31. The molecule has 0 amide bonds. The quantitative estimate of drug-likeness (QED) is 0.598. The summed E-state index contributed by atoms with van der Waals surface area (Å²) in [6, 6.07) is 20.2. The summed E-state index contributed by atoms with van der Waals surface area (Å²) in [6.45, 7) is 4.64. The molecule has 4 rings (SSSR count). The summed E-state index contributed by atoms with van der Waals surface area (Å²) in [7, 11) is 0. The standard InChI is InChI=1S/C24H28N2O2/c25-24-22-7-3-2-6-20(22)10-13-23(24)28-18-19-8-11-21(12-9-19)27-17-16-26-14-4-1-5-15-26/h2-3,6-13H,1,4-5,14-18,25H2. The van der Waals surface area contributed by atoms with Crippen LogP contribution < -0.4 is 15.2 Å². The molecule has 4 heteroatoms. The first-order valence-corrected chi connectivity index (χ1v) is 10.1. The maximum atomic E-state index is 6.27. The summed E-state index contributed by atoms with van der Waals surface area (Å²) in [5.41, 5.74) is 8.06. The number of rotatable bonds is 7. The zero-order valence-corrected chi connectivity index (χ0v) is 16.3. The predicted molar refractivity (Wildman–Crippen MR) is 115 cm³/mol. The van der Waals surface area contributed by atoms with Crippen LogP contribution in [0.2, 0.25) is 0 Å². The number of nitrogens with zero attached hydrogens (tertiary/aromatic N) is 1. The zero-order valence-electron chi connectivity index (χ0n) is 16.3. The van der Waals surface area contributed by atoms with Crippen molar-refractivity contribution in [2.24, 2.45) is 0 Å². The Balaban J connectivity index is 1.29. The monoisotopic (exact) mass is 376 g/mol. The predicted octanol–water partition coefficient (Wildman–Crippen LogP) is 4.87. The Bertz CT molecular complexity index is 902. The molecule has 0 bridgehead atoms. The maximum Gasteiger partial charge on any atom is 0.143 e. The number of likely N-dealkylation sites (tertiary alicyclic amines) is 1. The fourth-order valence-corrected chi connectivity index (χ4v) is 3.72.